The number of halogens is 2. The van der Waals surface area contributed by atoms with Gasteiger partial charge in [0.05, 0.1) is 5.92 Å². The van der Waals surface area contributed by atoms with Crippen molar-refractivity contribution in [2.75, 3.05) is 6.54 Å². The highest BCUT2D eigenvalue weighted by Crippen LogP contribution is 2.50. The van der Waals surface area contributed by atoms with Crippen molar-refractivity contribution in [1.29, 1.82) is 0 Å². The Balaban J connectivity index is 1.70. The second-order valence-corrected chi connectivity index (χ2v) is 6.55. The van der Waals surface area contributed by atoms with Crippen LogP contribution in [-0.4, -0.2) is 34.5 Å². The van der Waals surface area contributed by atoms with Crippen LogP contribution in [0, 0.1) is 23.5 Å². The van der Waals surface area contributed by atoms with E-state index in [1.807, 2.05) is 0 Å². The maximum absolute atomic E-state index is 13.8. The summed E-state index contributed by atoms with van der Waals surface area (Å²) in [5.74, 6) is -4.17. The van der Waals surface area contributed by atoms with E-state index in [4.69, 9.17) is 5.11 Å². The standard InChI is InChI=1S/C17H19F2NO3/c1-9(17(22)23)8-20(10-5-6-10)16(21)13-7-12(13)11-3-2-4-14(18)15(11)19/h2-4,9-10,12-13H,5-8H2,1H3,(H,22,23)/t9-,12+,13-/m1/s1. The molecular weight excluding hydrogens is 304 g/mol. The molecule has 2 aliphatic rings. The van der Waals surface area contributed by atoms with Gasteiger partial charge in [-0.2, -0.15) is 0 Å². The first-order valence-corrected chi connectivity index (χ1v) is 7.87. The fraction of sp³-hybridized carbons (Fsp3) is 0.529. The third-order valence-corrected chi connectivity index (χ3v) is 4.65. The Bertz CT molecular complexity index is 645. The van der Waals surface area contributed by atoms with Gasteiger partial charge in [-0.05, 0) is 36.8 Å². The van der Waals surface area contributed by atoms with Crippen LogP contribution < -0.4 is 0 Å². The summed E-state index contributed by atoms with van der Waals surface area (Å²) in [7, 11) is 0. The molecule has 124 valence electrons. The largest absolute Gasteiger partial charge is 0.481 e. The van der Waals surface area contributed by atoms with Gasteiger partial charge in [0, 0.05) is 18.5 Å². The van der Waals surface area contributed by atoms with Crippen LogP contribution in [0.2, 0.25) is 0 Å². The van der Waals surface area contributed by atoms with Gasteiger partial charge in [-0.15, -0.1) is 0 Å². The molecule has 0 aromatic heterocycles. The lowest BCUT2D eigenvalue weighted by atomic mass is 10.1. The minimum Gasteiger partial charge on any atom is -0.481 e. The summed E-state index contributed by atoms with van der Waals surface area (Å²) in [6, 6.07) is 4.11. The van der Waals surface area contributed by atoms with Crippen LogP contribution >= 0.6 is 0 Å². The smallest absolute Gasteiger partial charge is 0.308 e. The van der Waals surface area contributed by atoms with Crippen molar-refractivity contribution in [2.24, 2.45) is 11.8 Å². The molecule has 1 N–H and O–H groups in total. The monoisotopic (exact) mass is 323 g/mol. The number of carboxylic acid groups (broad SMARTS) is 1. The molecule has 4 nitrogen and oxygen atoms in total. The summed E-state index contributed by atoms with van der Waals surface area (Å²) in [6.45, 7) is 1.75. The van der Waals surface area contributed by atoms with Gasteiger partial charge in [0.15, 0.2) is 11.6 Å². The van der Waals surface area contributed by atoms with Gasteiger partial charge < -0.3 is 10.0 Å². The van der Waals surface area contributed by atoms with Crippen LogP contribution in [0.5, 0.6) is 0 Å². The molecule has 1 aromatic rings. The molecule has 3 atom stereocenters. The summed E-state index contributed by atoms with van der Waals surface area (Å²) in [6.07, 6.45) is 2.25. The molecule has 0 saturated heterocycles. The Morgan fingerprint density at radius 1 is 1.35 bits per heavy atom. The van der Waals surface area contributed by atoms with E-state index < -0.39 is 23.5 Å². The van der Waals surface area contributed by atoms with Crippen LogP contribution in [-0.2, 0) is 9.59 Å². The summed E-state index contributed by atoms with van der Waals surface area (Å²) >= 11 is 0. The molecule has 2 aliphatic carbocycles. The van der Waals surface area contributed by atoms with Crippen molar-refractivity contribution in [1.82, 2.24) is 4.90 Å². The average molecular weight is 323 g/mol. The van der Waals surface area contributed by atoms with Gasteiger partial charge >= 0.3 is 5.97 Å². The minimum absolute atomic E-state index is 0.0999. The van der Waals surface area contributed by atoms with E-state index in [-0.39, 0.29) is 35.9 Å². The molecule has 1 aromatic carbocycles. The lowest BCUT2D eigenvalue weighted by Crippen LogP contribution is -2.39. The lowest BCUT2D eigenvalue weighted by molar-refractivity contribution is -0.143. The van der Waals surface area contributed by atoms with E-state index in [9.17, 15) is 18.4 Å². The zero-order valence-corrected chi connectivity index (χ0v) is 12.8. The van der Waals surface area contributed by atoms with Gasteiger partial charge in [-0.1, -0.05) is 19.1 Å². The van der Waals surface area contributed by atoms with Crippen molar-refractivity contribution in [3.05, 3.63) is 35.4 Å². The van der Waals surface area contributed by atoms with E-state index in [0.29, 0.717) is 6.42 Å². The Hall–Kier alpha value is -1.98. The summed E-state index contributed by atoms with van der Waals surface area (Å²) in [4.78, 5) is 25.3. The topological polar surface area (TPSA) is 57.6 Å². The minimum atomic E-state index is -0.938. The third kappa shape index (κ3) is 3.21. The Labute approximate surface area is 133 Å². The number of hydrogen-bond acceptors (Lipinski definition) is 2. The zero-order valence-electron chi connectivity index (χ0n) is 12.8. The first-order valence-electron chi connectivity index (χ1n) is 7.87. The van der Waals surface area contributed by atoms with E-state index in [2.05, 4.69) is 0 Å². The predicted molar refractivity (Wildman–Crippen MR) is 78.7 cm³/mol. The van der Waals surface area contributed by atoms with Crippen LogP contribution in [0.25, 0.3) is 0 Å². The summed E-state index contributed by atoms with van der Waals surface area (Å²) < 4.78 is 27.2. The van der Waals surface area contributed by atoms with E-state index in [1.54, 1.807) is 11.8 Å². The normalized spacial score (nSPS) is 24.1. The number of rotatable bonds is 6. The maximum Gasteiger partial charge on any atom is 0.308 e. The summed E-state index contributed by atoms with van der Waals surface area (Å²) in [5, 5.41) is 9.04. The molecular formula is C17H19F2NO3. The molecule has 0 spiro atoms. The van der Waals surface area contributed by atoms with Gasteiger partial charge in [-0.3, -0.25) is 9.59 Å². The molecule has 2 saturated carbocycles. The lowest BCUT2D eigenvalue weighted by Gasteiger charge is -2.24. The molecule has 6 heteroatoms. The number of aliphatic carboxylic acids is 1. The highest BCUT2D eigenvalue weighted by molar-refractivity contribution is 5.84. The number of carbonyl (C=O) groups excluding carboxylic acids is 1. The van der Waals surface area contributed by atoms with E-state index >= 15 is 0 Å². The first kappa shape index (κ1) is 15.9. The average Bonchev–Trinajstić information content (AvgIpc) is 3.38. The number of hydrogen-bond donors (Lipinski definition) is 1. The number of carbonyl (C=O) groups is 2. The Morgan fingerprint density at radius 2 is 2.04 bits per heavy atom. The van der Waals surface area contributed by atoms with Crippen LogP contribution in [0.15, 0.2) is 18.2 Å². The van der Waals surface area contributed by atoms with Gasteiger partial charge in [0.1, 0.15) is 0 Å². The molecule has 0 heterocycles. The number of nitrogens with zero attached hydrogens (tertiary/aromatic N) is 1. The quantitative estimate of drug-likeness (QED) is 0.876. The third-order valence-electron chi connectivity index (χ3n) is 4.65. The van der Waals surface area contributed by atoms with Crippen LogP contribution in [0.4, 0.5) is 8.78 Å². The molecule has 0 unspecified atom stereocenters. The van der Waals surface area contributed by atoms with Gasteiger partial charge in [-0.25, -0.2) is 8.78 Å². The molecule has 3 rings (SSSR count). The molecule has 23 heavy (non-hydrogen) atoms. The molecule has 1 amide bonds. The van der Waals surface area contributed by atoms with E-state index in [1.165, 1.54) is 12.1 Å². The molecule has 2 fully saturated rings. The second kappa shape index (κ2) is 5.91. The van der Waals surface area contributed by atoms with Crippen LogP contribution in [0.3, 0.4) is 0 Å². The Morgan fingerprint density at radius 3 is 2.65 bits per heavy atom. The zero-order chi connectivity index (χ0) is 16.7. The first-order chi connectivity index (χ1) is 10.9. The Kier molecular flexibility index (Phi) is 4.08. The maximum atomic E-state index is 13.8. The second-order valence-electron chi connectivity index (χ2n) is 6.55. The highest BCUT2D eigenvalue weighted by atomic mass is 19.2. The predicted octanol–water partition coefficient (Wildman–Crippen LogP) is 2.78. The fourth-order valence-electron chi connectivity index (χ4n) is 3.01. The highest BCUT2D eigenvalue weighted by Gasteiger charge is 2.49. The van der Waals surface area contributed by atoms with E-state index in [0.717, 1.165) is 18.9 Å². The molecule has 0 bridgehead atoms. The molecule has 0 aliphatic heterocycles. The number of carboxylic acids is 1. The van der Waals surface area contributed by atoms with Crippen LogP contribution in [0.1, 0.15) is 37.7 Å². The van der Waals surface area contributed by atoms with Crippen molar-refractivity contribution in [3.8, 4) is 0 Å². The fourth-order valence-corrected chi connectivity index (χ4v) is 3.01. The summed E-state index contributed by atoms with van der Waals surface area (Å²) in [5.41, 5.74) is 0.241. The molecule has 0 radical (unpaired) electrons. The van der Waals surface area contributed by atoms with Crippen molar-refractivity contribution in [3.63, 3.8) is 0 Å². The van der Waals surface area contributed by atoms with Crippen molar-refractivity contribution in [2.45, 2.75) is 38.1 Å². The van der Waals surface area contributed by atoms with Crippen molar-refractivity contribution >= 4 is 11.9 Å². The van der Waals surface area contributed by atoms with Gasteiger partial charge in [0.2, 0.25) is 5.91 Å². The number of amides is 1. The SMILES string of the molecule is C[C@H](CN(C(=O)[C@@H]1C[C@H]1c1cccc(F)c1F)C1CC1)C(=O)O. The number of benzene rings is 1. The van der Waals surface area contributed by atoms with Gasteiger partial charge in [0.25, 0.3) is 0 Å². The van der Waals surface area contributed by atoms with Crippen molar-refractivity contribution < 1.29 is 23.5 Å².